The van der Waals surface area contributed by atoms with Crippen molar-refractivity contribution < 1.29 is 22.7 Å². The maximum Gasteiger partial charge on any atom is 0.243 e. The molecule has 3 saturated heterocycles. The summed E-state index contributed by atoms with van der Waals surface area (Å²) in [7, 11) is -3.62. The van der Waals surface area contributed by atoms with Crippen LogP contribution in [0.3, 0.4) is 0 Å². The lowest BCUT2D eigenvalue weighted by molar-refractivity contribution is -0.142. The van der Waals surface area contributed by atoms with E-state index in [1.54, 1.807) is 12.1 Å². The number of nitrogens with zero attached hydrogens (tertiary/aromatic N) is 3. The van der Waals surface area contributed by atoms with Gasteiger partial charge in [-0.05, 0) is 31.9 Å². The van der Waals surface area contributed by atoms with Crippen molar-refractivity contribution >= 4 is 21.7 Å². The standard InChI is InChI=1S/C21H29N3O5S/c1-16(25)17-2-4-20(5-3-17)30(27,28)24-8-6-18(7-9-24)21(26)23-11-10-22-12-13-29-15-19(22)14-23/h2-5,18-19H,6-15H2,1H3. The third-order valence-corrected chi connectivity index (χ3v) is 8.36. The number of ether oxygens (including phenoxy) is 1. The van der Waals surface area contributed by atoms with E-state index >= 15 is 0 Å². The van der Waals surface area contributed by atoms with Crippen LogP contribution in [0.1, 0.15) is 30.1 Å². The largest absolute Gasteiger partial charge is 0.378 e. The summed E-state index contributed by atoms with van der Waals surface area (Å²) < 4.78 is 32.9. The molecule has 0 aliphatic carbocycles. The summed E-state index contributed by atoms with van der Waals surface area (Å²) in [5.74, 6) is -0.0884. The molecule has 0 bridgehead atoms. The predicted octanol–water partition coefficient (Wildman–Crippen LogP) is 0.833. The van der Waals surface area contributed by atoms with Gasteiger partial charge in [0.15, 0.2) is 5.78 Å². The van der Waals surface area contributed by atoms with Crippen LogP contribution in [0.2, 0.25) is 0 Å². The molecule has 1 unspecified atom stereocenters. The Kier molecular flexibility index (Phi) is 6.24. The molecule has 30 heavy (non-hydrogen) atoms. The predicted molar refractivity (Wildman–Crippen MR) is 111 cm³/mol. The second-order valence-corrected chi connectivity index (χ2v) is 10.2. The van der Waals surface area contributed by atoms with Crippen LogP contribution in [0.25, 0.3) is 0 Å². The lowest BCUT2D eigenvalue weighted by Crippen LogP contribution is -2.60. The number of morpholine rings is 1. The molecular weight excluding hydrogens is 406 g/mol. The minimum Gasteiger partial charge on any atom is -0.378 e. The topological polar surface area (TPSA) is 87.2 Å². The van der Waals surface area contributed by atoms with E-state index in [-0.39, 0.29) is 28.5 Å². The summed E-state index contributed by atoms with van der Waals surface area (Å²) in [6.07, 6.45) is 1.07. The fourth-order valence-corrected chi connectivity index (χ4v) is 6.03. The molecule has 164 valence electrons. The highest BCUT2D eigenvalue weighted by molar-refractivity contribution is 7.89. The van der Waals surface area contributed by atoms with Gasteiger partial charge in [0.2, 0.25) is 15.9 Å². The van der Waals surface area contributed by atoms with Crippen molar-refractivity contribution in [2.24, 2.45) is 5.92 Å². The Morgan fingerprint density at radius 2 is 1.70 bits per heavy atom. The molecule has 0 spiro atoms. The van der Waals surface area contributed by atoms with Crippen LogP contribution in [-0.4, -0.2) is 92.7 Å². The number of hydrogen-bond donors (Lipinski definition) is 0. The summed E-state index contributed by atoms with van der Waals surface area (Å²) >= 11 is 0. The summed E-state index contributed by atoms with van der Waals surface area (Å²) in [5.41, 5.74) is 0.488. The first-order valence-electron chi connectivity index (χ1n) is 10.6. The van der Waals surface area contributed by atoms with Crippen molar-refractivity contribution in [1.29, 1.82) is 0 Å². The van der Waals surface area contributed by atoms with E-state index in [2.05, 4.69) is 4.90 Å². The van der Waals surface area contributed by atoms with Crippen molar-refractivity contribution in [3.63, 3.8) is 0 Å². The number of hydrogen-bond acceptors (Lipinski definition) is 6. The van der Waals surface area contributed by atoms with Gasteiger partial charge in [-0.3, -0.25) is 14.5 Å². The molecule has 1 atom stereocenters. The van der Waals surface area contributed by atoms with Gasteiger partial charge in [0.05, 0.1) is 24.2 Å². The zero-order valence-corrected chi connectivity index (χ0v) is 18.1. The van der Waals surface area contributed by atoms with Gasteiger partial charge in [-0.1, -0.05) is 12.1 Å². The average molecular weight is 436 g/mol. The van der Waals surface area contributed by atoms with Crippen molar-refractivity contribution in [3.8, 4) is 0 Å². The zero-order chi connectivity index (χ0) is 21.3. The first-order valence-corrected chi connectivity index (χ1v) is 12.0. The second kappa shape index (κ2) is 8.74. The van der Waals surface area contributed by atoms with Gasteiger partial charge in [-0.2, -0.15) is 4.31 Å². The fraction of sp³-hybridized carbons (Fsp3) is 0.619. The number of carbonyl (C=O) groups excluding carboxylic acids is 2. The Labute approximate surface area is 177 Å². The number of ketones is 1. The van der Waals surface area contributed by atoms with E-state index in [9.17, 15) is 18.0 Å². The smallest absolute Gasteiger partial charge is 0.243 e. The Bertz CT molecular complexity index is 894. The Hall–Kier alpha value is -1.81. The molecule has 3 heterocycles. The van der Waals surface area contributed by atoms with Crippen molar-refractivity contribution in [3.05, 3.63) is 29.8 Å². The van der Waals surface area contributed by atoms with Crippen LogP contribution in [0.15, 0.2) is 29.2 Å². The molecule has 1 aromatic rings. The molecule has 8 nitrogen and oxygen atoms in total. The van der Waals surface area contributed by atoms with Gasteiger partial charge in [-0.25, -0.2) is 8.42 Å². The maximum atomic E-state index is 13.0. The lowest BCUT2D eigenvalue weighted by Gasteiger charge is -2.45. The number of benzene rings is 1. The number of piperazine rings is 1. The van der Waals surface area contributed by atoms with Gasteiger partial charge < -0.3 is 9.64 Å². The third kappa shape index (κ3) is 4.30. The van der Waals surface area contributed by atoms with Gasteiger partial charge >= 0.3 is 0 Å². The molecule has 3 fully saturated rings. The number of amides is 1. The number of Topliss-reactive ketones (excluding diaryl/α,β-unsaturated/α-hetero) is 1. The monoisotopic (exact) mass is 435 g/mol. The molecule has 0 saturated carbocycles. The van der Waals surface area contributed by atoms with E-state index in [1.165, 1.54) is 23.4 Å². The van der Waals surface area contributed by atoms with Gasteiger partial charge in [0.25, 0.3) is 0 Å². The van der Waals surface area contributed by atoms with E-state index in [0.717, 1.165) is 26.2 Å². The Balaban J connectivity index is 1.35. The molecule has 4 rings (SSSR count). The molecule has 3 aliphatic rings. The number of carbonyl (C=O) groups is 2. The highest BCUT2D eigenvalue weighted by Crippen LogP contribution is 2.26. The molecule has 1 aromatic carbocycles. The maximum absolute atomic E-state index is 13.0. The van der Waals surface area contributed by atoms with Crippen LogP contribution < -0.4 is 0 Å². The third-order valence-electron chi connectivity index (χ3n) is 6.45. The average Bonchev–Trinajstić information content (AvgIpc) is 2.78. The molecule has 0 aromatic heterocycles. The number of fused-ring (bicyclic) bond motifs is 1. The summed E-state index contributed by atoms with van der Waals surface area (Å²) in [5, 5.41) is 0. The van der Waals surface area contributed by atoms with Gasteiger partial charge in [0.1, 0.15) is 0 Å². The highest BCUT2D eigenvalue weighted by atomic mass is 32.2. The first-order chi connectivity index (χ1) is 14.4. The highest BCUT2D eigenvalue weighted by Gasteiger charge is 2.37. The summed E-state index contributed by atoms with van der Waals surface area (Å²) in [6, 6.07) is 6.32. The molecule has 9 heteroatoms. The zero-order valence-electron chi connectivity index (χ0n) is 17.3. The van der Waals surface area contributed by atoms with Crippen LogP contribution >= 0.6 is 0 Å². The normalized spacial score (nSPS) is 24.4. The van der Waals surface area contributed by atoms with Crippen LogP contribution in [-0.2, 0) is 19.6 Å². The van der Waals surface area contributed by atoms with Crippen molar-refractivity contribution in [2.45, 2.75) is 30.7 Å². The minimum atomic E-state index is -3.62. The van der Waals surface area contributed by atoms with Crippen molar-refractivity contribution in [1.82, 2.24) is 14.1 Å². The molecule has 3 aliphatic heterocycles. The minimum absolute atomic E-state index is 0.0982. The van der Waals surface area contributed by atoms with Crippen LogP contribution in [0.4, 0.5) is 0 Å². The Morgan fingerprint density at radius 3 is 2.37 bits per heavy atom. The summed E-state index contributed by atoms with van der Waals surface area (Å²) in [4.78, 5) is 28.9. The van der Waals surface area contributed by atoms with E-state index in [4.69, 9.17) is 4.74 Å². The SMILES string of the molecule is CC(=O)c1ccc(S(=O)(=O)N2CCC(C(=O)N3CCN4CCOCC4C3)CC2)cc1. The molecular formula is C21H29N3O5S. The molecule has 1 amide bonds. The van der Waals surface area contributed by atoms with Gasteiger partial charge in [0, 0.05) is 50.7 Å². The van der Waals surface area contributed by atoms with E-state index < -0.39 is 10.0 Å². The van der Waals surface area contributed by atoms with E-state index in [1.807, 2.05) is 4.90 Å². The first kappa shape index (κ1) is 21.4. The molecule has 0 N–H and O–H groups in total. The number of sulfonamides is 1. The quantitative estimate of drug-likeness (QED) is 0.651. The Morgan fingerprint density at radius 1 is 1.00 bits per heavy atom. The van der Waals surface area contributed by atoms with Crippen LogP contribution in [0.5, 0.6) is 0 Å². The van der Waals surface area contributed by atoms with Crippen molar-refractivity contribution in [2.75, 3.05) is 52.5 Å². The van der Waals surface area contributed by atoms with Gasteiger partial charge in [-0.15, -0.1) is 0 Å². The van der Waals surface area contributed by atoms with E-state index in [0.29, 0.717) is 44.6 Å². The van der Waals surface area contributed by atoms with Crippen LogP contribution in [0, 0.1) is 5.92 Å². The number of piperidine rings is 1. The molecule has 0 radical (unpaired) electrons. The summed E-state index contributed by atoms with van der Waals surface area (Å²) in [6.45, 7) is 6.78. The fourth-order valence-electron chi connectivity index (χ4n) is 4.56. The number of rotatable bonds is 4. The second-order valence-electron chi connectivity index (χ2n) is 8.31. The lowest BCUT2D eigenvalue weighted by atomic mass is 9.95.